The third kappa shape index (κ3) is 3.03. The first kappa shape index (κ1) is 16.2. The zero-order chi connectivity index (χ0) is 17.2. The molecule has 126 valence electrons. The van der Waals surface area contributed by atoms with Crippen LogP contribution in [0.25, 0.3) is 5.69 Å². The largest absolute Gasteiger partial charge is 0.480 e. The Morgan fingerprint density at radius 3 is 2.67 bits per heavy atom. The SMILES string of the molecule is Cc1ccccc1-n1cc(C(=O)NC2(C(=O)O)CCOCC2)cn1. The third-order valence-corrected chi connectivity index (χ3v) is 4.32. The molecule has 1 aliphatic heterocycles. The molecule has 0 radical (unpaired) electrons. The van der Waals surface area contributed by atoms with Crippen LogP contribution in [0.15, 0.2) is 36.7 Å². The lowest BCUT2D eigenvalue weighted by molar-refractivity contribution is -0.148. The molecule has 3 rings (SSSR count). The van der Waals surface area contributed by atoms with Gasteiger partial charge in [-0.05, 0) is 18.6 Å². The number of hydrogen-bond acceptors (Lipinski definition) is 4. The first-order valence-corrected chi connectivity index (χ1v) is 7.76. The van der Waals surface area contributed by atoms with Crippen LogP contribution < -0.4 is 5.32 Å². The number of hydrogen-bond donors (Lipinski definition) is 2. The monoisotopic (exact) mass is 329 g/mol. The summed E-state index contributed by atoms with van der Waals surface area (Å²) >= 11 is 0. The van der Waals surface area contributed by atoms with Crippen LogP contribution in [-0.2, 0) is 9.53 Å². The van der Waals surface area contributed by atoms with Crippen LogP contribution in [0.4, 0.5) is 0 Å². The molecule has 7 heteroatoms. The summed E-state index contributed by atoms with van der Waals surface area (Å²) in [6.07, 6.45) is 3.54. The lowest BCUT2D eigenvalue weighted by Crippen LogP contribution is -2.57. The molecule has 1 saturated heterocycles. The maximum Gasteiger partial charge on any atom is 0.329 e. The lowest BCUT2D eigenvalue weighted by atomic mass is 9.90. The highest BCUT2D eigenvalue weighted by Crippen LogP contribution is 2.22. The first-order valence-electron chi connectivity index (χ1n) is 7.76. The summed E-state index contributed by atoms with van der Waals surface area (Å²) < 4.78 is 6.82. The van der Waals surface area contributed by atoms with Gasteiger partial charge in [0.15, 0.2) is 0 Å². The number of rotatable bonds is 4. The van der Waals surface area contributed by atoms with E-state index in [9.17, 15) is 14.7 Å². The van der Waals surface area contributed by atoms with E-state index in [-0.39, 0.29) is 12.8 Å². The minimum Gasteiger partial charge on any atom is -0.480 e. The fourth-order valence-corrected chi connectivity index (χ4v) is 2.79. The smallest absolute Gasteiger partial charge is 0.329 e. The van der Waals surface area contributed by atoms with E-state index in [1.54, 1.807) is 10.9 Å². The zero-order valence-corrected chi connectivity index (χ0v) is 13.4. The average Bonchev–Trinajstić information content (AvgIpc) is 3.06. The Kier molecular flexibility index (Phi) is 4.35. The molecule has 0 aliphatic carbocycles. The number of aliphatic carboxylic acids is 1. The number of carbonyl (C=O) groups is 2. The number of ether oxygens (including phenoxy) is 1. The summed E-state index contributed by atoms with van der Waals surface area (Å²) in [6, 6.07) is 7.68. The number of carboxylic acids is 1. The van der Waals surface area contributed by atoms with Gasteiger partial charge in [-0.25, -0.2) is 9.48 Å². The fourth-order valence-electron chi connectivity index (χ4n) is 2.79. The van der Waals surface area contributed by atoms with Crippen LogP contribution >= 0.6 is 0 Å². The van der Waals surface area contributed by atoms with Crippen LogP contribution in [0, 0.1) is 6.92 Å². The lowest BCUT2D eigenvalue weighted by Gasteiger charge is -2.33. The molecule has 1 amide bonds. The zero-order valence-electron chi connectivity index (χ0n) is 13.4. The summed E-state index contributed by atoms with van der Waals surface area (Å²) in [5, 5.41) is 16.4. The molecule has 0 spiro atoms. The number of para-hydroxylation sites is 1. The Bertz CT molecular complexity index is 763. The minimum atomic E-state index is -1.28. The normalized spacial score (nSPS) is 16.5. The highest BCUT2D eigenvalue weighted by Gasteiger charge is 2.41. The van der Waals surface area contributed by atoms with Gasteiger partial charge in [0.05, 0.1) is 17.4 Å². The molecule has 2 aromatic rings. The Labute approximate surface area is 139 Å². The van der Waals surface area contributed by atoms with E-state index in [2.05, 4.69) is 10.4 Å². The van der Waals surface area contributed by atoms with Gasteiger partial charge in [-0.1, -0.05) is 18.2 Å². The summed E-state index contributed by atoms with van der Waals surface area (Å²) in [6.45, 7) is 2.59. The fraction of sp³-hybridized carbons (Fsp3) is 0.353. The van der Waals surface area contributed by atoms with Crippen molar-refractivity contribution in [1.82, 2.24) is 15.1 Å². The molecule has 0 atom stereocenters. The molecule has 1 aromatic heterocycles. The molecule has 0 saturated carbocycles. The van der Waals surface area contributed by atoms with E-state index in [0.717, 1.165) is 11.3 Å². The van der Waals surface area contributed by atoms with Gasteiger partial charge < -0.3 is 15.2 Å². The Balaban J connectivity index is 1.81. The van der Waals surface area contributed by atoms with Crippen LogP contribution in [0.3, 0.4) is 0 Å². The van der Waals surface area contributed by atoms with E-state index in [0.29, 0.717) is 18.8 Å². The van der Waals surface area contributed by atoms with E-state index < -0.39 is 17.4 Å². The van der Waals surface area contributed by atoms with Gasteiger partial charge in [0.1, 0.15) is 5.54 Å². The molecule has 0 bridgehead atoms. The van der Waals surface area contributed by atoms with Gasteiger partial charge in [0.25, 0.3) is 5.91 Å². The van der Waals surface area contributed by atoms with Crippen molar-refractivity contribution in [2.24, 2.45) is 0 Å². The number of nitrogens with zero attached hydrogens (tertiary/aromatic N) is 2. The number of aryl methyl sites for hydroxylation is 1. The van der Waals surface area contributed by atoms with Crippen LogP contribution in [0.1, 0.15) is 28.8 Å². The van der Waals surface area contributed by atoms with Gasteiger partial charge in [-0.15, -0.1) is 0 Å². The highest BCUT2D eigenvalue weighted by molar-refractivity contribution is 5.97. The average molecular weight is 329 g/mol. The van der Waals surface area contributed by atoms with Crippen molar-refractivity contribution in [2.45, 2.75) is 25.3 Å². The molecule has 2 heterocycles. The van der Waals surface area contributed by atoms with Gasteiger partial charge in [-0.2, -0.15) is 5.10 Å². The molecular weight excluding hydrogens is 310 g/mol. The topological polar surface area (TPSA) is 93.5 Å². The summed E-state index contributed by atoms with van der Waals surface area (Å²) in [7, 11) is 0. The molecule has 1 aromatic carbocycles. The second-order valence-electron chi connectivity index (χ2n) is 5.91. The molecule has 24 heavy (non-hydrogen) atoms. The van der Waals surface area contributed by atoms with Gasteiger partial charge in [0, 0.05) is 32.3 Å². The molecule has 0 unspecified atom stereocenters. The van der Waals surface area contributed by atoms with E-state index >= 15 is 0 Å². The summed E-state index contributed by atoms with van der Waals surface area (Å²) in [4.78, 5) is 24.1. The maximum absolute atomic E-state index is 12.5. The van der Waals surface area contributed by atoms with Crippen molar-refractivity contribution in [3.8, 4) is 5.69 Å². The van der Waals surface area contributed by atoms with Crippen molar-refractivity contribution < 1.29 is 19.4 Å². The standard InChI is InChI=1S/C17H19N3O4/c1-12-4-2-3-5-14(12)20-11-13(10-18-20)15(21)19-17(16(22)23)6-8-24-9-7-17/h2-5,10-11H,6-9H2,1H3,(H,19,21)(H,22,23). The third-order valence-electron chi connectivity index (χ3n) is 4.32. The second kappa shape index (κ2) is 6.45. The van der Waals surface area contributed by atoms with E-state index in [1.165, 1.54) is 6.20 Å². The van der Waals surface area contributed by atoms with Crippen LogP contribution in [0.5, 0.6) is 0 Å². The van der Waals surface area contributed by atoms with Crippen molar-refractivity contribution >= 4 is 11.9 Å². The van der Waals surface area contributed by atoms with Crippen LogP contribution in [-0.4, -0.2) is 45.5 Å². The number of benzene rings is 1. The highest BCUT2D eigenvalue weighted by atomic mass is 16.5. The van der Waals surface area contributed by atoms with E-state index in [4.69, 9.17) is 4.74 Å². The van der Waals surface area contributed by atoms with Gasteiger partial charge >= 0.3 is 5.97 Å². The summed E-state index contributed by atoms with van der Waals surface area (Å²) in [5.74, 6) is -1.48. The molecule has 1 fully saturated rings. The minimum absolute atomic E-state index is 0.250. The Morgan fingerprint density at radius 1 is 1.29 bits per heavy atom. The number of carboxylic acid groups (broad SMARTS) is 1. The molecule has 1 aliphatic rings. The number of carbonyl (C=O) groups excluding carboxylic acids is 1. The predicted molar refractivity (Wildman–Crippen MR) is 86.2 cm³/mol. The molecule has 2 N–H and O–H groups in total. The van der Waals surface area contributed by atoms with E-state index in [1.807, 2.05) is 31.2 Å². The number of aromatic nitrogens is 2. The van der Waals surface area contributed by atoms with Crippen molar-refractivity contribution in [3.63, 3.8) is 0 Å². The van der Waals surface area contributed by atoms with Crippen molar-refractivity contribution in [2.75, 3.05) is 13.2 Å². The Hall–Kier alpha value is -2.67. The quantitative estimate of drug-likeness (QED) is 0.887. The van der Waals surface area contributed by atoms with Crippen molar-refractivity contribution in [1.29, 1.82) is 0 Å². The Morgan fingerprint density at radius 2 is 2.00 bits per heavy atom. The van der Waals surface area contributed by atoms with Crippen molar-refractivity contribution in [3.05, 3.63) is 47.8 Å². The number of nitrogens with one attached hydrogen (secondary N) is 1. The van der Waals surface area contributed by atoms with Gasteiger partial charge in [-0.3, -0.25) is 4.79 Å². The summed E-state index contributed by atoms with van der Waals surface area (Å²) in [5.41, 5.74) is 0.944. The predicted octanol–water partition coefficient (Wildman–Crippen LogP) is 1.54. The number of amides is 1. The molecule has 7 nitrogen and oxygen atoms in total. The first-order chi connectivity index (χ1) is 11.5. The van der Waals surface area contributed by atoms with Gasteiger partial charge in [0.2, 0.25) is 0 Å². The van der Waals surface area contributed by atoms with Crippen LogP contribution in [0.2, 0.25) is 0 Å². The maximum atomic E-state index is 12.5. The second-order valence-corrected chi connectivity index (χ2v) is 5.91. The molecular formula is C17H19N3O4.